The maximum Gasteiger partial charge on any atom is 0.0768 e. The van der Waals surface area contributed by atoms with E-state index < -0.39 is 0 Å². The van der Waals surface area contributed by atoms with Gasteiger partial charge in [-0.3, -0.25) is 14.5 Å². The van der Waals surface area contributed by atoms with Crippen LogP contribution in [0.15, 0.2) is 30.3 Å². The van der Waals surface area contributed by atoms with Crippen LogP contribution in [-0.2, 0) is 32.6 Å². The van der Waals surface area contributed by atoms with E-state index in [1.54, 1.807) is 11.1 Å². The molecule has 0 amide bonds. The van der Waals surface area contributed by atoms with Crippen molar-refractivity contribution in [2.24, 2.45) is 0 Å². The summed E-state index contributed by atoms with van der Waals surface area (Å²) >= 11 is 0. The van der Waals surface area contributed by atoms with Crippen LogP contribution < -0.4 is 5.32 Å². The first-order chi connectivity index (χ1) is 12.8. The maximum atomic E-state index is 4.80. The van der Waals surface area contributed by atoms with Crippen molar-refractivity contribution in [1.29, 1.82) is 0 Å². The Morgan fingerprint density at radius 3 is 2.73 bits per heavy atom. The molecule has 1 fully saturated rings. The van der Waals surface area contributed by atoms with Crippen molar-refractivity contribution in [2.75, 3.05) is 26.2 Å². The van der Waals surface area contributed by atoms with E-state index in [-0.39, 0.29) is 0 Å². The fraction of sp³-hybridized carbons (Fsp3) is 0.571. The minimum Gasteiger partial charge on any atom is -0.309 e. The normalized spacial score (nSPS) is 22.2. The monoisotopic (exact) mass is 351 g/mol. The molecular formula is C21H29N5. The number of rotatable bonds is 3. The summed E-state index contributed by atoms with van der Waals surface area (Å²) in [5.41, 5.74) is 5.68. The Bertz CT molecular complexity index is 736. The van der Waals surface area contributed by atoms with Gasteiger partial charge < -0.3 is 5.32 Å². The fourth-order valence-electron chi connectivity index (χ4n) is 4.83. The third kappa shape index (κ3) is 3.31. The highest BCUT2D eigenvalue weighted by molar-refractivity contribution is 5.29. The minimum absolute atomic E-state index is 0.749. The Morgan fingerprint density at radius 1 is 1.04 bits per heavy atom. The van der Waals surface area contributed by atoms with E-state index >= 15 is 0 Å². The number of hydrogen-bond donors (Lipinski definition) is 1. The van der Waals surface area contributed by atoms with E-state index in [0.29, 0.717) is 0 Å². The highest BCUT2D eigenvalue weighted by Gasteiger charge is 2.27. The molecule has 3 aliphatic heterocycles. The highest BCUT2D eigenvalue weighted by Crippen LogP contribution is 2.25. The zero-order valence-corrected chi connectivity index (χ0v) is 15.5. The van der Waals surface area contributed by atoms with Crippen LogP contribution in [0.5, 0.6) is 0 Å². The smallest absolute Gasteiger partial charge is 0.0768 e. The molecule has 1 aromatic heterocycles. The molecule has 0 unspecified atom stereocenters. The molecular weight excluding hydrogens is 322 g/mol. The Hall–Kier alpha value is -1.69. The van der Waals surface area contributed by atoms with E-state index in [9.17, 15) is 0 Å². The summed E-state index contributed by atoms with van der Waals surface area (Å²) in [6, 6.07) is 12.0. The molecule has 0 aliphatic carbocycles. The number of aromatic nitrogens is 2. The lowest BCUT2D eigenvalue weighted by atomic mass is 9.95. The molecule has 3 aliphatic rings. The average Bonchev–Trinajstić information content (AvgIpc) is 3.10. The lowest BCUT2D eigenvalue weighted by molar-refractivity contribution is 0.0942. The number of nitrogens with zero attached hydrogens (tertiary/aromatic N) is 4. The molecule has 0 bridgehead atoms. The van der Waals surface area contributed by atoms with Crippen LogP contribution >= 0.6 is 0 Å². The van der Waals surface area contributed by atoms with E-state index in [4.69, 9.17) is 5.10 Å². The Balaban J connectivity index is 1.16. The molecule has 0 spiro atoms. The molecule has 5 nitrogen and oxygen atoms in total. The van der Waals surface area contributed by atoms with Gasteiger partial charge in [-0.25, -0.2) is 0 Å². The summed E-state index contributed by atoms with van der Waals surface area (Å²) in [7, 11) is 0. The zero-order chi connectivity index (χ0) is 17.3. The molecule has 0 atom stereocenters. The molecule has 26 heavy (non-hydrogen) atoms. The summed E-state index contributed by atoms with van der Waals surface area (Å²) in [6.07, 6.45) is 3.79. The van der Waals surface area contributed by atoms with Crippen molar-refractivity contribution in [3.63, 3.8) is 0 Å². The first kappa shape index (κ1) is 16.5. The van der Waals surface area contributed by atoms with Gasteiger partial charge in [-0.2, -0.15) is 5.10 Å². The first-order valence-corrected chi connectivity index (χ1v) is 10.1. The van der Waals surface area contributed by atoms with Crippen molar-refractivity contribution in [1.82, 2.24) is 24.9 Å². The van der Waals surface area contributed by atoms with Gasteiger partial charge in [0, 0.05) is 51.9 Å². The van der Waals surface area contributed by atoms with Gasteiger partial charge in [0.15, 0.2) is 0 Å². The average molecular weight is 351 g/mol. The molecule has 138 valence electrons. The maximum absolute atomic E-state index is 4.80. The van der Waals surface area contributed by atoms with Crippen molar-refractivity contribution >= 4 is 0 Å². The van der Waals surface area contributed by atoms with Gasteiger partial charge in [0.2, 0.25) is 0 Å². The third-order valence-electron chi connectivity index (χ3n) is 6.34. The first-order valence-electron chi connectivity index (χ1n) is 10.1. The quantitative estimate of drug-likeness (QED) is 0.918. The number of likely N-dealkylation sites (tertiary alicyclic amines) is 1. The van der Waals surface area contributed by atoms with E-state index in [0.717, 1.165) is 38.8 Å². The number of benzene rings is 1. The van der Waals surface area contributed by atoms with Gasteiger partial charge in [-0.15, -0.1) is 0 Å². The van der Waals surface area contributed by atoms with Crippen molar-refractivity contribution < 1.29 is 0 Å². The fourth-order valence-corrected chi connectivity index (χ4v) is 4.83. The van der Waals surface area contributed by atoms with Gasteiger partial charge in [0.1, 0.15) is 0 Å². The van der Waals surface area contributed by atoms with E-state index in [2.05, 4.69) is 50.1 Å². The summed E-state index contributed by atoms with van der Waals surface area (Å²) in [5, 5.41) is 8.23. The number of piperidine rings is 1. The van der Waals surface area contributed by atoms with Crippen LogP contribution in [0.4, 0.5) is 0 Å². The van der Waals surface area contributed by atoms with Gasteiger partial charge >= 0.3 is 0 Å². The summed E-state index contributed by atoms with van der Waals surface area (Å²) < 4.78 is 2.18. The van der Waals surface area contributed by atoms with Crippen molar-refractivity contribution in [3.8, 4) is 0 Å². The Morgan fingerprint density at radius 2 is 1.88 bits per heavy atom. The zero-order valence-electron chi connectivity index (χ0n) is 15.5. The SMILES string of the molecule is c1ccc2c(c1)CCN(C1CCN(Cc3cc4n(n3)CCNC4)CC1)C2. The Labute approximate surface area is 156 Å². The van der Waals surface area contributed by atoms with Crippen LogP contribution in [0.3, 0.4) is 0 Å². The lowest BCUT2D eigenvalue weighted by Crippen LogP contribution is -2.46. The molecule has 0 saturated carbocycles. The van der Waals surface area contributed by atoms with Crippen LogP contribution in [0.1, 0.15) is 35.4 Å². The second-order valence-electron chi connectivity index (χ2n) is 8.02. The number of fused-ring (bicyclic) bond motifs is 2. The summed E-state index contributed by atoms with van der Waals surface area (Å²) in [4.78, 5) is 5.32. The van der Waals surface area contributed by atoms with E-state index in [1.807, 2.05) is 0 Å². The van der Waals surface area contributed by atoms with Crippen LogP contribution in [0.25, 0.3) is 0 Å². The van der Waals surface area contributed by atoms with Crippen LogP contribution in [-0.4, -0.2) is 51.8 Å². The van der Waals surface area contributed by atoms with Crippen molar-refractivity contribution in [2.45, 2.75) is 51.5 Å². The molecule has 1 aromatic carbocycles. The minimum atomic E-state index is 0.749. The highest BCUT2D eigenvalue weighted by atomic mass is 15.3. The molecule has 4 heterocycles. The predicted octanol–water partition coefficient (Wildman–Crippen LogP) is 2.01. The number of nitrogens with one attached hydrogen (secondary N) is 1. The number of hydrogen-bond acceptors (Lipinski definition) is 4. The van der Waals surface area contributed by atoms with Crippen LogP contribution in [0.2, 0.25) is 0 Å². The molecule has 1 saturated heterocycles. The van der Waals surface area contributed by atoms with Crippen LogP contribution in [0, 0.1) is 0 Å². The summed E-state index contributed by atoms with van der Waals surface area (Å²) in [6.45, 7) is 8.78. The van der Waals surface area contributed by atoms with E-state index in [1.165, 1.54) is 50.3 Å². The van der Waals surface area contributed by atoms with Crippen molar-refractivity contribution in [3.05, 3.63) is 52.8 Å². The molecule has 5 heteroatoms. The Kier molecular flexibility index (Phi) is 4.53. The van der Waals surface area contributed by atoms with Gasteiger partial charge in [0.25, 0.3) is 0 Å². The van der Waals surface area contributed by atoms with Gasteiger partial charge in [-0.05, 0) is 36.5 Å². The molecule has 5 rings (SSSR count). The second kappa shape index (κ2) is 7.14. The summed E-state index contributed by atoms with van der Waals surface area (Å²) in [5.74, 6) is 0. The van der Waals surface area contributed by atoms with Gasteiger partial charge in [0.05, 0.1) is 17.9 Å². The topological polar surface area (TPSA) is 36.3 Å². The second-order valence-corrected chi connectivity index (χ2v) is 8.02. The molecule has 1 N–H and O–H groups in total. The molecule has 2 aromatic rings. The van der Waals surface area contributed by atoms with Gasteiger partial charge in [-0.1, -0.05) is 24.3 Å². The predicted molar refractivity (Wildman–Crippen MR) is 103 cm³/mol. The largest absolute Gasteiger partial charge is 0.309 e. The standard InChI is InChI=1S/C21H29N5/c1-2-4-18-15-25(11-5-17(18)3-1)20-6-9-24(10-7-20)16-19-13-21-14-22-8-12-26(21)23-19/h1-4,13,20,22H,5-12,14-16H2. The molecule has 0 radical (unpaired) electrons. The third-order valence-corrected chi connectivity index (χ3v) is 6.34. The lowest BCUT2D eigenvalue weighted by Gasteiger charge is -2.40.